The molecule has 0 unspecified atom stereocenters. The third kappa shape index (κ3) is 1.98. The molecular formula is C12H11BrN4. The summed E-state index contributed by atoms with van der Waals surface area (Å²) in [5.74, 6) is 0.892. The van der Waals surface area contributed by atoms with Crippen LogP contribution in [0.2, 0.25) is 0 Å². The Balaban J connectivity index is 1.88. The molecule has 0 radical (unpaired) electrons. The van der Waals surface area contributed by atoms with Gasteiger partial charge in [-0.15, -0.1) is 0 Å². The van der Waals surface area contributed by atoms with Crippen molar-refractivity contribution in [3.8, 4) is 0 Å². The van der Waals surface area contributed by atoms with E-state index in [0.29, 0.717) is 0 Å². The Bertz CT molecular complexity index is 553. The van der Waals surface area contributed by atoms with Crippen molar-refractivity contribution in [2.24, 2.45) is 0 Å². The lowest BCUT2D eigenvalue weighted by Crippen LogP contribution is -2.16. The van der Waals surface area contributed by atoms with Gasteiger partial charge >= 0.3 is 0 Å². The normalized spacial score (nSPS) is 13.8. The van der Waals surface area contributed by atoms with Gasteiger partial charge in [-0.1, -0.05) is 6.07 Å². The van der Waals surface area contributed by atoms with Gasteiger partial charge in [-0.25, -0.2) is 9.97 Å². The first-order chi connectivity index (χ1) is 8.22. The maximum atomic E-state index is 5.78. The van der Waals surface area contributed by atoms with Gasteiger partial charge in [0.25, 0.3) is 0 Å². The average molecular weight is 291 g/mol. The van der Waals surface area contributed by atoms with Gasteiger partial charge in [-0.2, -0.15) is 0 Å². The minimum atomic E-state index is 0.752. The molecule has 5 heteroatoms. The van der Waals surface area contributed by atoms with E-state index in [1.165, 1.54) is 11.1 Å². The number of aromatic nitrogens is 2. The summed E-state index contributed by atoms with van der Waals surface area (Å²) in [4.78, 5) is 10.7. The Morgan fingerprint density at radius 2 is 1.94 bits per heavy atom. The van der Waals surface area contributed by atoms with Crippen molar-refractivity contribution in [3.05, 3.63) is 46.3 Å². The average Bonchev–Trinajstić information content (AvgIpc) is 2.72. The lowest BCUT2D eigenvalue weighted by molar-refractivity contribution is 0.848. The van der Waals surface area contributed by atoms with E-state index in [1.807, 2.05) is 12.1 Å². The van der Waals surface area contributed by atoms with E-state index in [4.69, 9.17) is 5.73 Å². The van der Waals surface area contributed by atoms with Crippen LogP contribution >= 0.6 is 15.9 Å². The number of hydrogen-bond donors (Lipinski definition) is 1. The van der Waals surface area contributed by atoms with E-state index in [2.05, 4.69) is 36.9 Å². The van der Waals surface area contributed by atoms with E-state index in [0.717, 1.165) is 29.2 Å². The second-order valence-electron chi connectivity index (χ2n) is 4.08. The first-order valence-electron chi connectivity index (χ1n) is 5.32. The summed E-state index contributed by atoms with van der Waals surface area (Å²) in [6.07, 6.45) is 3.49. The van der Waals surface area contributed by atoms with E-state index in [-0.39, 0.29) is 0 Å². The van der Waals surface area contributed by atoms with Crippen LogP contribution in [-0.4, -0.2) is 9.97 Å². The zero-order valence-corrected chi connectivity index (χ0v) is 10.7. The van der Waals surface area contributed by atoms with Gasteiger partial charge in [0.05, 0.1) is 12.4 Å². The van der Waals surface area contributed by atoms with Crippen LogP contribution in [0.5, 0.6) is 0 Å². The summed E-state index contributed by atoms with van der Waals surface area (Å²) in [6, 6.07) is 6.05. The van der Waals surface area contributed by atoms with Gasteiger partial charge in [0, 0.05) is 18.8 Å². The molecule has 1 aliphatic heterocycles. The number of nitrogen functional groups attached to an aromatic ring is 1. The minimum Gasteiger partial charge on any atom is -0.399 e. The fourth-order valence-electron chi connectivity index (χ4n) is 2.05. The third-order valence-corrected chi connectivity index (χ3v) is 3.29. The molecule has 0 amide bonds. The zero-order valence-electron chi connectivity index (χ0n) is 9.10. The third-order valence-electron chi connectivity index (χ3n) is 2.88. The molecule has 4 nitrogen and oxygen atoms in total. The zero-order chi connectivity index (χ0) is 11.8. The van der Waals surface area contributed by atoms with Crippen molar-refractivity contribution in [2.45, 2.75) is 13.1 Å². The highest BCUT2D eigenvalue weighted by atomic mass is 79.9. The van der Waals surface area contributed by atoms with Gasteiger partial charge < -0.3 is 10.6 Å². The number of nitrogens with two attached hydrogens (primary N) is 1. The maximum Gasteiger partial charge on any atom is 0.147 e. The van der Waals surface area contributed by atoms with Crippen LogP contribution in [0.1, 0.15) is 11.1 Å². The largest absolute Gasteiger partial charge is 0.399 e. The molecule has 1 aliphatic rings. The van der Waals surface area contributed by atoms with E-state index >= 15 is 0 Å². The number of rotatable bonds is 1. The topological polar surface area (TPSA) is 55.0 Å². The molecule has 0 bridgehead atoms. The van der Waals surface area contributed by atoms with E-state index in [9.17, 15) is 0 Å². The molecule has 0 saturated heterocycles. The SMILES string of the molecule is Nc1ccc2c(c1)CN(c1cnc(Br)cn1)C2. The molecule has 0 spiro atoms. The van der Waals surface area contributed by atoms with Gasteiger partial charge in [0.2, 0.25) is 0 Å². The fraction of sp³-hybridized carbons (Fsp3) is 0.167. The predicted octanol–water partition coefficient (Wildman–Crippen LogP) is 2.34. The maximum absolute atomic E-state index is 5.78. The van der Waals surface area contributed by atoms with Gasteiger partial charge in [0.15, 0.2) is 0 Å². The lowest BCUT2D eigenvalue weighted by atomic mass is 10.1. The van der Waals surface area contributed by atoms with Crippen LogP contribution < -0.4 is 10.6 Å². The lowest BCUT2D eigenvalue weighted by Gasteiger charge is -2.15. The Labute approximate surface area is 108 Å². The first kappa shape index (κ1) is 10.5. The van der Waals surface area contributed by atoms with Gasteiger partial charge in [-0.3, -0.25) is 0 Å². The molecule has 17 heavy (non-hydrogen) atoms. The van der Waals surface area contributed by atoms with Crippen LogP contribution in [0.3, 0.4) is 0 Å². The quantitative estimate of drug-likeness (QED) is 0.819. The highest BCUT2D eigenvalue weighted by Gasteiger charge is 2.20. The predicted molar refractivity (Wildman–Crippen MR) is 70.5 cm³/mol. The first-order valence-corrected chi connectivity index (χ1v) is 6.11. The van der Waals surface area contributed by atoms with Crippen molar-refractivity contribution in [3.63, 3.8) is 0 Å². The standard InChI is InChI=1S/C12H11BrN4/c13-11-4-16-12(5-15-11)17-6-8-1-2-10(14)3-9(8)7-17/h1-5H,6-7,14H2. The molecule has 2 N–H and O–H groups in total. The molecule has 1 aromatic heterocycles. The van der Waals surface area contributed by atoms with Crippen LogP contribution in [0.25, 0.3) is 0 Å². The Morgan fingerprint density at radius 1 is 1.12 bits per heavy atom. The molecule has 3 rings (SSSR count). The fourth-order valence-corrected chi connectivity index (χ4v) is 2.25. The highest BCUT2D eigenvalue weighted by molar-refractivity contribution is 9.10. The van der Waals surface area contributed by atoms with Crippen molar-refractivity contribution in [2.75, 3.05) is 10.6 Å². The number of halogens is 1. The number of nitrogens with zero attached hydrogens (tertiary/aromatic N) is 3. The van der Waals surface area contributed by atoms with Crippen LogP contribution in [0, 0.1) is 0 Å². The molecular weight excluding hydrogens is 280 g/mol. The van der Waals surface area contributed by atoms with Gasteiger partial charge in [-0.05, 0) is 39.2 Å². The van der Waals surface area contributed by atoms with E-state index < -0.39 is 0 Å². The summed E-state index contributed by atoms with van der Waals surface area (Å²) < 4.78 is 0.752. The summed E-state index contributed by atoms with van der Waals surface area (Å²) in [7, 11) is 0. The monoisotopic (exact) mass is 290 g/mol. The van der Waals surface area contributed by atoms with Crippen molar-refractivity contribution in [1.29, 1.82) is 0 Å². The summed E-state index contributed by atoms with van der Waals surface area (Å²) in [5.41, 5.74) is 9.18. The Kier molecular flexibility index (Phi) is 2.48. The van der Waals surface area contributed by atoms with Crippen LogP contribution in [0.4, 0.5) is 11.5 Å². The Hall–Kier alpha value is -1.62. The molecule has 2 heterocycles. The molecule has 1 aromatic carbocycles. The smallest absolute Gasteiger partial charge is 0.147 e. The van der Waals surface area contributed by atoms with Crippen LogP contribution in [-0.2, 0) is 13.1 Å². The van der Waals surface area contributed by atoms with Crippen LogP contribution in [0.15, 0.2) is 35.2 Å². The van der Waals surface area contributed by atoms with Gasteiger partial charge in [0.1, 0.15) is 10.4 Å². The van der Waals surface area contributed by atoms with Crippen molar-refractivity contribution < 1.29 is 0 Å². The number of benzene rings is 1. The molecule has 0 saturated carbocycles. The Morgan fingerprint density at radius 3 is 2.71 bits per heavy atom. The second kappa shape index (κ2) is 4.00. The van der Waals surface area contributed by atoms with Crippen molar-refractivity contribution >= 4 is 27.4 Å². The van der Waals surface area contributed by atoms with E-state index in [1.54, 1.807) is 12.4 Å². The summed E-state index contributed by atoms with van der Waals surface area (Å²) in [6.45, 7) is 1.71. The molecule has 0 atom stereocenters. The minimum absolute atomic E-state index is 0.752. The van der Waals surface area contributed by atoms with Crippen molar-refractivity contribution in [1.82, 2.24) is 9.97 Å². The molecule has 86 valence electrons. The number of fused-ring (bicyclic) bond motifs is 1. The molecule has 0 aliphatic carbocycles. The highest BCUT2D eigenvalue weighted by Crippen LogP contribution is 2.28. The summed E-state index contributed by atoms with van der Waals surface area (Å²) >= 11 is 3.28. The number of anilines is 2. The molecule has 0 fully saturated rings. The molecule has 2 aromatic rings. The number of hydrogen-bond acceptors (Lipinski definition) is 4. The summed E-state index contributed by atoms with van der Waals surface area (Å²) in [5, 5.41) is 0. The second-order valence-corrected chi connectivity index (χ2v) is 4.89.